The van der Waals surface area contributed by atoms with Crippen molar-refractivity contribution < 1.29 is 9.63 Å². The van der Waals surface area contributed by atoms with Crippen LogP contribution in [0, 0.1) is 11.3 Å². The molecular formula is C9H15N3O2. The second-order valence-corrected chi connectivity index (χ2v) is 2.84. The largest absolute Gasteiger partial charge is 0.377 e. The van der Waals surface area contributed by atoms with Gasteiger partial charge in [-0.25, -0.2) is 5.06 Å². The SMILES string of the molecule is CON(C)C(=O)C(C)N/C(C)=C/C#N. The molecule has 0 rings (SSSR count). The highest BCUT2D eigenvalue weighted by Crippen LogP contribution is 1.95. The molecule has 5 nitrogen and oxygen atoms in total. The Morgan fingerprint density at radius 1 is 1.71 bits per heavy atom. The highest BCUT2D eigenvalue weighted by atomic mass is 16.7. The first-order valence-corrected chi connectivity index (χ1v) is 4.17. The Bertz CT molecular complexity index is 268. The lowest BCUT2D eigenvalue weighted by atomic mass is 10.3. The van der Waals surface area contributed by atoms with E-state index in [-0.39, 0.29) is 5.91 Å². The number of rotatable bonds is 4. The van der Waals surface area contributed by atoms with Crippen LogP contribution in [0.1, 0.15) is 13.8 Å². The van der Waals surface area contributed by atoms with Crippen LogP contribution in [0.15, 0.2) is 11.8 Å². The number of hydroxylamine groups is 2. The highest BCUT2D eigenvalue weighted by Gasteiger charge is 2.16. The molecule has 0 fully saturated rings. The van der Waals surface area contributed by atoms with Crippen LogP contribution in [-0.4, -0.2) is 31.2 Å². The number of hydrogen-bond acceptors (Lipinski definition) is 4. The minimum atomic E-state index is -0.412. The van der Waals surface area contributed by atoms with Crippen molar-refractivity contribution in [1.82, 2.24) is 10.4 Å². The fourth-order valence-electron chi connectivity index (χ4n) is 0.904. The standard InChI is InChI=1S/C9H15N3O2/c1-7(5-6-10)11-8(2)9(13)12(3)14-4/h5,8,11H,1-4H3/b7-5+. The third-order valence-corrected chi connectivity index (χ3v) is 1.68. The van der Waals surface area contributed by atoms with Gasteiger partial charge in [0.2, 0.25) is 0 Å². The van der Waals surface area contributed by atoms with Gasteiger partial charge in [0.25, 0.3) is 5.91 Å². The second kappa shape index (κ2) is 6.00. The summed E-state index contributed by atoms with van der Waals surface area (Å²) in [5.41, 5.74) is 0.651. The third-order valence-electron chi connectivity index (χ3n) is 1.68. The van der Waals surface area contributed by atoms with Gasteiger partial charge in [-0.2, -0.15) is 5.26 Å². The van der Waals surface area contributed by atoms with E-state index in [0.717, 1.165) is 5.06 Å². The van der Waals surface area contributed by atoms with E-state index in [1.807, 2.05) is 6.07 Å². The number of nitriles is 1. The molecule has 0 bridgehead atoms. The molecule has 0 saturated carbocycles. The zero-order valence-corrected chi connectivity index (χ0v) is 8.87. The van der Waals surface area contributed by atoms with Crippen LogP contribution >= 0.6 is 0 Å². The van der Waals surface area contributed by atoms with Crippen molar-refractivity contribution in [1.29, 1.82) is 5.26 Å². The normalized spacial score (nSPS) is 12.9. The Hall–Kier alpha value is -1.54. The molecular weight excluding hydrogens is 182 g/mol. The average molecular weight is 197 g/mol. The minimum Gasteiger partial charge on any atom is -0.377 e. The van der Waals surface area contributed by atoms with Crippen molar-refractivity contribution in [2.24, 2.45) is 0 Å². The lowest BCUT2D eigenvalue weighted by Crippen LogP contribution is -2.41. The molecule has 1 amide bonds. The third kappa shape index (κ3) is 3.92. The van der Waals surface area contributed by atoms with Gasteiger partial charge in [-0.15, -0.1) is 0 Å². The summed E-state index contributed by atoms with van der Waals surface area (Å²) in [6.07, 6.45) is 1.34. The average Bonchev–Trinajstić information content (AvgIpc) is 2.15. The Balaban J connectivity index is 4.22. The molecule has 78 valence electrons. The van der Waals surface area contributed by atoms with Gasteiger partial charge in [-0.1, -0.05) is 0 Å². The summed E-state index contributed by atoms with van der Waals surface area (Å²) in [5, 5.41) is 12.4. The van der Waals surface area contributed by atoms with Gasteiger partial charge in [-0.3, -0.25) is 9.63 Å². The van der Waals surface area contributed by atoms with E-state index in [4.69, 9.17) is 10.1 Å². The van der Waals surface area contributed by atoms with Gasteiger partial charge in [0.05, 0.1) is 13.2 Å². The van der Waals surface area contributed by atoms with Gasteiger partial charge in [0.15, 0.2) is 0 Å². The molecule has 14 heavy (non-hydrogen) atoms. The number of likely N-dealkylation sites (N-methyl/N-ethyl adjacent to an activating group) is 1. The van der Waals surface area contributed by atoms with Crippen LogP contribution in [-0.2, 0) is 9.63 Å². The molecule has 0 radical (unpaired) electrons. The lowest BCUT2D eigenvalue weighted by Gasteiger charge is -2.20. The molecule has 0 heterocycles. The first kappa shape index (κ1) is 12.5. The van der Waals surface area contributed by atoms with Crippen LogP contribution in [0.4, 0.5) is 0 Å². The molecule has 5 heteroatoms. The maximum Gasteiger partial charge on any atom is 0.267 e. The van der Waals surface area contributed by atoms with Crippen molar-refractivity contribution in [2.45, 2.75) is 19.9 Å². The summed E-state index contributed by atoms with van der Waals surface area (Å²) in [4.78, 5) is 16.2. The Kier molecular flexibility index (Phi) is 5.34. The van der Waals surface area contributed by atoms with E-state index in [1.165, 1.54) is 20.2 Å². The molecule has 0 aromatic rings. The van der Waals surface area contributed by atoms with Crippen molar-refractivity contribution >= 4 is 5.91 Å². The van der Waals surface area contributed by atoms with Crippen LogP contribution in [0.2, 0.25) is 0 Å². The van der Waals surface area contributed by atoms with Crippen LogP contribution < -0.4 is 5.32 Å². The molecule has 0 aliphatic carbocycles. The molecule has 1 N–H and O–H groups in total. The van der Waals surface area contributed by atoms with Gasteiger partial charge >= 0.3 is 0 Å². The monoisotopic (exact) mass is 197 g/mol. The fraction of sp³-hybridized carbons (Fsp3) is 0.556. The van der Waals surface area contributed by atoms with E-state index in [1.54, 1.807) is 13.8 Å². The molecule has 0 aromatic heterocycles. The summed E-state index contributed by atoms with van der Waals surface area (Å²) >= 11 is 0. The summed E-state index contributed by atoms with van der Waals surface area (Å²) < 4.78 is 0. The predicted molar refractivity (Wildman–Crippen MR) is 51.7 cm³/mol. The van der Waals surface area contributed by atoms with Crippen molar-refractivity contribution in [3.63, 3.8) is 0 Å². The van der Waals surface area contributed by atoms with Gasteiger partial charge in [-0.05, 0) is 13.8 Å². The van der Waals surface area contributed by atoms with E-state index in [0.29, 0.717) is 5.70 Å². The summed E-state index contributed by atoms with van der Waals surface area (Å²) in [5.74, 6) is -0.196. The fourth-order valence-corrected chi connectivity index (χ4v) is 0.904. The van der Waals surface area contributed by atoms with Crippen molar-refractivity contribution in [3.8, 4) is 6.07 Å². The van der Waals surface area contributed by atoms with E-state index >= 15 is 0 Å². The molecule has 0 saturated heterocycles. The minimum absolute atomic E-state index is 0.196. The van der Waals surface area contributed by atoms with E-state index < -0.39 is 6.04 Å². The van der Waals surface area contributed by atoms with Crippen LogP contribution in [0.3, 0.4) is 0 Å². The highest BCUT2D eigenvalue weighted by molar-refractivity contribution is 5.80. The number of amides is 1. The summed E-state index contributed by atoms with van der Waals surface area (Å²) in [6.45, 7) is 3.42. The van der Waals surface area contributed by atoms with E-state index in [2.05, 4.69) is 5.32 Å². The number of carbonyl (C=O) groups is 1. The first-order valence-electron chi connectivity index (χ1n) is 4.17. The van der Waals surface area contributed by atoms with E-state index in [9.17, 15) is 4.79 Å². The number of carbonyl (C=O) groups excluding carboxylic acids is 1. The quantitative estimate of drug-likeness (QED) is 0.523. The van der Waals surface area contributed by atoms with Crippen LogP contribution in [0.5, 0.6) is 0 Å². The number of hydrogen-bond donors (Lipinski definition) is 1. The zero-order chi connectivity index (χ0) is 11.1. The zero-order valence-electron chi connectivity index (χ0n) is 8.87. The van der Waals surface area contributed by atoms with Gasteiger partial charge < -0.3 is 5.32 Å². The summed E-state index contributed by atoms with van der Waals surface area (Å²) in [6, 6.07) is 1.46. The van der Waals surface area contributed by atoms with Gasteiger partial charge in [0, 0.05) is 18.8 Å². The molecule has 0 aliphatic heterocycles. The predicted octanol–water partition coefficient (Wildman–Crippen LogP) is 0.412. The van der Waals surface area contributed by atoms with Crippen molar-refractivity contribution in [3.05, 3.63) is 11.8 Å². The Morgan fingerprint density at radius 3 is 2.71 bits per heavy atom. The number of nitrogens with one attached hydrogen (secondary N) is 1. The number of nitrogens with zero attached hydrogens (tertiary/aromatic N) is 2. The van der Waals surface area contributed by atoms with Crippen LogP contribution in [0.25, 0.3) is 0 Å². The maximum absolute atomic E-state index is 11.4. The van der Waals surface area contributed by atoms with Gasteiger partial charge in [0.1, 0.15) is 6.04 Å². The molecule has 1 atom stereocenters. The van der Waals surface area contributed by atoms with Crippen molar-refractivity contribution in [2.75, 3.05) is 14.2 Å². The Labute approximate surface area is 83.9 Å². The maximum atomic E-state index is 11.4. The lowest BCUT2D eigenvalue weighted by molar-refractivity contribution is -0.170. The Morgan fingerprint density at radius 2 is 2.29 bits per heavy atom. The first-order chi connectivity index (χ1) is 6.52. The summed E-state index contributed by atoms with van der Waals surface area (Å²) in [7, 11) is 2.95. The topological polar surface area (TPSA) is 65.4 Å². The smallest absolute Gasteiger partial charge is 0.267 e. The number of allylic oxidation sites excluding steroid dienone is 2. The molecule has 0 spiro atoms. The molecule has 0 aliphatic rings. The second-order valence-electron chi connectivity index (χ2n) is 2.84. The molecule has 0 aromatic carbocycles. The molecule has 1 unspecified atom stereocenters.